The number of hydrogen-bond acceptors (Lipinski definition) is 5. The van der Waals surface area contributed by atoms with Gasteiger partial charge in [0.1, 0.15) is 0 Å². The van der Waals surface area contributed by atoms with Crippen LogP contribution in [0.3, 0.4) is 0 Å². The summed E-state index contributed by atoms with van der Waals surface area (Å²) in [4.78, 5) is 11.1. The Bertz CT molecular complexity index is 896. The third kappa shape index (κ3) is 24.8. The van der Waals surface area contributed by atoms with E-state index in [0.717, 1.165) is 30.1 Å². The largest absolute Gasteiger partial charge is 0.375 e. The first kappa shape index (κ1) is 49.0. The van der Waals surface area contributed by atoms with Crippen molar-refractivity contribution in [2.24, 2.45) is 35.5 Å². The fourth-order valence-corrected chi connectivity index (χ4v) is 7.63. The van der Waals surface area contributed by atoms with E-state index in [1.54, 1.807) is 13.8 Å². The molecular weight excluding hydrogens is 631 g/mol. The highest BCUT2D eigenvalue weighted by Gasteiger charge is 2.46. The molecule has 0 saturated carbocycles. The highest BCUT2D eigenvalue weighted by molar-refractivity contribution is 7.54. The quantitative estimate of drug-likeness (QED) is 0.0745. The Hall–Kier alpha value is 0.0300. The Morgan fingerprint density at radius 2 is 0.939 bits per heavy atom. The molecule has 7 heteroatoms. The molecule has 0 radical (unpaired) electrons. The van der Waals surface area contributed by atoms with E-state index >= 15 is 0 Å². The van der Waals surface area contributed by atoms with Gasteiger partial charge in [-0.25, -0.2) is 0 Å². The van der Waals surface area contributed by atoms with E-state index in [1.165, 1.54) is 64.2 Å². The van der Waals surface area contributed by atoms with Gasteiger partial charge >= 0.3 is 7.60 Å². The molecule has 0 heterocycles. The van der Waals surface area contributed by atoms with Gasteiger partial charge in [0, 0.05) is 6.61 Å². The summed E-state index contributed by atoms with van der Waals surface area (Å²) in [5.41, 5.74) is -1.50. The van der Waals surface area contributed by atoms with Gasteiger partial charge in [-0.05, 0) is 117 Å². The van der Waals surface area contributed by atoms with Crippen molar-refractivity contribution in [1.82, 2.24) is 0 Å². The molecule has 0 spiro atoms. The second kappa shape index (κ2) is 23.0. The summed E-state index contributed by atoms with van der Waals surface area (Å²) < 4.78 is 38.1. The minimum Gasteiger partial charge on any atom is -0.375 e. The average Bonchev–Trinajstić information content (AvgIpc) is 2.92. The first-order chi connectivity index (χ1) is 22.3. The molecule has 1 N–H and O–H groups in total. The molecule has 5 atom stereocenters. The van der Waals surface area contributed by atoms with Crippen molar-refractivity contribution >= 4 is 7.60 Å². The molecule has 0 aliphatic carbocycles. The average molecular weight is 719 g/mol. The molecule has 6 nitrogen and oxygen atoms in total. The van der Waals surface area contributed by atoms with Crippen LogP contribution in [-0.4, -0.2) is 46.9 Å². The second-order valence-electron chi connectivity index (χ2n) is 19.3. The van der Waals surface area contributed by atoms with Gasteiger partial charge in [-0.15, -0.1) is 0 Å². The molecule has 0 aliphatic rings. The summed E-state index contributed by atoms with van der Waals surface area (Å²) in [7, 11) is -4.12. The first-order valence-electron chi connectivity index (χ1n) is 20.2. The summed E-state index contributed by atoms with van der Waals surface area (Å²) in [5.74, 6) is 4.18. The predicted octanol–water partition coefficient (Wildman–Crippen LogP) is 13.2. The predicted molar refractivity (Wildman–Crippen MR) is 211 cm³/mol. The number of hydrogen-bond donors (Lipinski definition) is 1. The molecule has 0 aromatic rings. The van der Waals surface area contributed by atoms with Gasteiger partial charge in [-0.2, -0.15) is 0 Å². The van der Waals surface area contributed by atoms with E-state index in [9.17, 15) is 9.46 Å². The standard InChI is InChI=1S/C42H87O6P/c1-33(2)19-17-21-35(5)23-25-37(7)31-41(13,14)45-29-28-40(11,12)48-49(43,44)42(15,16)46-30-27-39(9,10)47-32-38(8)26-24-36(6)22-18-20-34(3)4/h33-38H,17-32H2,1-16H3,(H,43,44). The molecule has 0 bridgehead atoms. The molecule has 49 heavy (non-hydrogen) atoms. The molecule has 0 aliphatic heterocycles. The van der Waals surface area contributed by atoms with E-state index < -0.39 is 18.5 Å². The van der Waals surface area contributed by atoms with Crippen LogP contribution >= 0.6 is 7.60 Å². The lowest BCUT2D eigenvalue weighted by atomic mass is 9.87. The molecule has 296 valence electrons. The third-order valence-corrected chi connectivity index (χ3v) is 12.5. The van der Waals surface area contributed by atoms with Crippen molar-refractivity contribution in [2.75, 3.05) is 19.8 Å². The summed E-state index contributed by atoms with van der Waals surface area (Å²) >= 11 is 0. The Morgan fingerprint density at radius 1 is 0.510 bits per heavy atom. The van der Waals surface area contributed by atoms with Crippen LogP contribution in [-0.2, 0) is 23.3 Å². The molecule has 0 saturated heterocycles. The van der Waals surface area contributed by atoms with Gasteiger partial charge in [0.05, 0.1) is 30.0 Å². The zero-order valence-electron chi connectivity index (χ0n) is 35.7. The Labute approximate surface area is 306 Å². The lowest BCUT2D eigenvalue weighted by Gasteiger charge is -2.37. The normalized spacial score (nSPS) is 17.4. The van der Waals surface area contributed by atoms with Gasteiger partial charge in [-0.3, -0.25) is 4.57 Å². The van der Waals surface area contributed by atoms with Crippen LogP contribution < -0.4 is 0 Å². The molecule has 5 unspecified atom stereocenters. The maximum absolute atomic E-state index is 13.5. The monoisotopic (exact) mass is 719 g/mol. The van der Waals surface area contributed by atoms with E-state index in [-0.39, 0.29) is 11.2 Å². The van der Waals surface area contributed by atoms with E-state index in [2.05, 4.69) is 83.1 Å². The Balaban J connectivity index is 4.63. The fourth-order valence-electron chi connectivity index (χ4n) is 6.39. The highest BCUT2D eigenvalue weighted by Crippen LogP contribution is 2.58. The highest BCUT2D eigenvalue weighted by atomic mass is 31.2. The lowest BCUT2D eigenvalue weighted by molar-refractivity contribution is -0.0741. The Morgan fingerprint density at radius 3 is 1.43 bits per heavy atom. The van der Waals surface area contributed by atoms with Crippen molar-refractivity contribution < 1.29 is 28.2 Å². The summed E-state index contributed by atoms with van der Waals surface area (Å²) in [6.45, 7) is 35.5. The fraction of sp³-hybridized carbons (Fsp3) is 1.00. The van der Waals surface area contributed by atoms with E-state index in [1.807, 2.05) is 13.8 Å². The van der Waals surface area contributed by atoms with Crippen LogP contribution in [0, 0.1) is 35.5 Å². The lowest BCUT2D eigenvalue weighted by Crippen LogP contribution is -2.36. The van der Waals surface area contributed by atoms with Gasteiger partial charge in [0.2, 0.25) is 0 Å². The number of rotatable bonds is 30. The van der Waals surface area contributed by atoms with Crippen molar-refractivity contribution in [1.29, 1.82) is 0 Å². The van der Waals surface area contributed by atoms with Crippen molar-refractivity contribution in [3.63, 3.8) is 0 Å². The molecule has 0 fully saturated rings. The first-order valence-corrected chi connectivity index (χ1v) is 21.8. The SMILES string of the molecule is CC(C)CCCC(C)CCC(C)COC(C)(C)CCOC(C)(C)P(=O)(O)OC(C)(C)CCOC(C)(C)CC(C)CCC(C)CCCC(C)C. The summed E-state index contributed by atoms with van der Waals surface area (Å²) in [6.07, 6.45) is 14.9. The summed E-state index contributed by atoms with van der Waals surface area (Å²) in [6, 6.07) is 0. The van der Waals surface area contributed by atoms with Crippen LogP contribution in [0.1, 0.15) is 194 Å². The topological polar surface area (TPSA) is 74.2 Å². The van der Waals surface area contributed by atoms with Gasteiger partial charge in [0.15, 0.2) is 5.34 Å². The van der Waals surface area contributed by atoms with Gasteiger partial charge < -0.3 is 23.6 Å². The summed E-state index contributed by atoms with van der Waals surface area (Å²) in [5, 5.41) is -1.35. The van der Waals surface area contributed by atoms with E-state index in [0.29, 0.717) is 44.5 Å². The molecule has 0 aromatic carbocycles. The second-order valence-corrected chi connectivity index (χ2v) is 21.6. The van der Waals surface area contributed by atoms with Crippen LogP contribution in [0.2, 0.25) is 0 Å². The zero-order chi connectivity index (χ0) is 38.1. The minimum absolute atomic E-state index is 0.264. The number of ether oxygens (including phenoxy) is 3. The van der Waals surface area contributed by atoms with Crippen molar-refractivity contribution in [3.8, 4) is 0 Å². The van der Waals surface area contributed by atoms with Crippen molar-refractivity contribution in [3.05, 3.63) is 0 Å². The smallest absolute Gasteiger partial charge is 0.359 e. The molecular formula is C42H87O6P. The Kier molecular flexibility index (Phi) is 23.0. The third-order valence-electron chi connectivity index (χ3n) is 10.3. The maximum atomic E-state index is 13.5. The molecule has 0 rings (SSSR count). The van der Waals surface area contributed by atoms with Crippen LogP contribution in [0.25, 0.3) is 0 Å². The van der Waals surface area contributed by atoms with Crippen LogP contribution in [0.4, 0.5) is 0 Å². The van der Waals surface area contributed by atoms with Gasteiger partial charge in [0.25, 0.3) is 0 Å². The van der Waals surface area contributed by atoms with Crippen molar-refractivity contribution in [2.45, 2.75) is 216 Å². The van der Waals surface area contributed by atoms with E-state index in [4.69, 9.17) is 18.7 Å². The zero-order valence-corrected chi connectivity index (χ0v) is 36.6. The molecule has 0 aromatic heterocycles. The molecule has 0 amide bonds. The van der Waals surface area contributed by atoms with Crippen LogP contribution in [0.5, 0.6) is 0 Å². The minimum atomic E-state index is -4.12. The van der Waals surface area contributed by atoms with Gasteiger partial charge in [-0.1, -0.05) is 113 Å². The maximum Gasteiger partial charge on any atom is 0.359 e. The van der Waals surface area contributed by atoms with Crippen LogP contribution in [0.15, 0.2) is 0 Å².